The Bertz CT molecular complexity index is 770. The van der Waals surface area contributed by atoms with Crippen LogP contribution in [0.15, 0.2) is 29.5 Å². The fraction of sp³-hybridized carbons (Fsp3) is 0.389. The van der Waals surface area contributed by atoms with Gasteiger partial charge in [0.05, 0.1) is 0 Å². The number of allylic oxidation sites excluding steroid dienone is 1. The molecule has 2 rings (SSSR count). The van der Waals surface area contributed by atoms with Gasteiger partial charge in [-0.25, -0.2) is 4.79 Å². The van der Waals surface area contributed by atoms with E-state index < -0.39 is 18.4 Å². The lowest BCUT2D eigenvalue weighted by Gasteiger charge is -2.18. The second-order valence-corrected chi connectivity index (χ2v) is 6.33. The quantitative estimate of drug-likeness (QED) is 0.474. The molecule has 0 spiro atoms. The zero-order valence-corrected chi connectivity index (χ0v) is 14.4. The number of hydrogen-bond donors (Lipinski definition) is 1. The summed E-state index contributed by atoms with van der Waals surface area (Å²) in [5.41, 5.74) is 5.97. The highest BCUT2D eigenvalue weighted by molar-refractivity contribution is 6.01. The smallest absolute Gasteiger partial charge is 0.344 e. The summed E-state index contributed by atoms with van der Waals surface area (Å²) in [5.74, 6) is -0.316. The van der Waals surface area contributed by atoms with Crippen LogP contribution in [0.25, 0.3) is 0 Å². The van der Waals surface area contributed by atoms with Gasteiger partial charge >= 0.3 is 5.97 Å². The Balaban J connectivity index is 1.91. The van der Waals surface area contributed by atoms with Crippen LogP contribution in [-0.2, 0) is 20.7 Å². The average Bonchev–Trinajstić information content (AvgIpc) is 2.85. The van der Waals surface area contributed by atoms with E-state index in [-0.39, 0.29) is 23.5 Å². The molecule has 7 nitrogen and oxygen atoms in total. The van der Waals surface area contributed by atoms with E-state index in [0.717, 1.165) is 12.0 Å². The van der Waals surface area contributed by atoms with Gasteiger partial charge in [0.1, 0.15) is 17.2 Å². The van der Waals surface area contributed by atoms with E-state index in [0.29, 0.717) is 11.5 Å². The number of nitrogens with two attached hydrogens (primary N) is 1. The molecule has 7 heteroatoms. The summed E-state index contributed by atoms with van der Waals surface area (Å²) < 4.78 is 16.1. The molecule has 0 radical (unpaired) electrons. The molecular weight excluding hydrogens is 324 g/mol. The predicted molar refractivity (Wildman–Crippen MR) is 88.8 cm³/mol. The van der Waals surface area contributed by atoms with Gasteiger partial charge in [0.2, 0.25) is 5.78 Å². The highest BCUT2D eigenvalue weighted by Gasteiger charge is 2.32. The van der Waals surface area contributed by atoms with Crippen molar-refractivity contribution in [3.63, 3.8) is 0 Å². The van der Waals surface area contributed by atoms with Crippen LogP contribution in [0.5, 0.6) is 11.5 Å². The van der Waals surface area contributed by atoms with Crippen LogP contribution >= 0.6 is 0 Å². The van der Waals surface area contributed by atoms with E-state index in [1.807, 2.05) is 26.0 Å². The number of rotatable bonds is 6. The Labute approximate surface area is 146 Å². The number of para-hydroxylation sites is 1. The summed E-state index contributed by atoms with van der Waals surface area (Å²) in [7, 11) is 0. The van der Waals surface area contributed by atoms with Gasteiger partial charge in [-0.05, 0) is 26.8 Å². The van der Waals surface area contributed by atoms with Crippen molar-refractivity contribution in [1.82, 2.24) is 0 Å². The van der Waals surface area contributed by atoms with Crippen molar-refractivity contribution < 1.29 is 23.8 Å². The fourth-order valence-electron chi connectivity index (χ4n) is 2.47. The molecule has 2 N–H and O–H groups in total. The van der Waals surface area contributed by atoms with Gasteiger partial charge in [-0.1, -0.05) is 12.1 Å². The van der Waals surface area contributed by atoms with Crippen molar-refractivity contribution in [2.75, 3.05) is 13.2 Å². The minimum Gasteiger partial charge on any atom is -0.483 e. The van der Waals surface area contributed by atoms with E-state index in [1.54, 1.807) is 12.1 Å². The first-order valence-corrected chi connectivity index (χ1v) is 7.72. The molecular formula is C18H20N2O5. The largest absolute Gasteiger partial charge is 0.483 e. The van der Waals surface area contributed by atoms with Crippen LogP contribution < -0.4 is 15.2 Å². The molecule has 25 heavy (non-hydrogen) atoms. The third kappa shape index (κ3) is 4.51. The minimum absolute atomic E-state index is 0.0828. The highest BCUT2D eigenvalue weighted by atomic mass is 16.6. The van der Waals surface area contributed by atoms with Gasteiger partial charge in [0.15, 0.2) is 24.7 Å². The van der Waals surface area contributed by atoms with Crippen LogP contribution in [0.4, 0.5) is 0 Å². The molecule has 1 heterocycles. The molecule has 1 aliphatic rings. The first kappa shape index (κ1) is 18.3. The number of esters is 1. The second-order valence-electron chi connectivity index (χ2n) is 6.33. The molecule has 0 aromatic heterocycles. The van der Waals surface area contributed by atoms with E-state index in [1.165, 1.54) is 6.92 Å². The van der Waals surface area contributed by atoms with Crippen molar-refractivity contribution in [1.29, 1.82) is 5.26 Å². The third-order valence-electron chi connectivity index (χ3n) is 3.55. The molecule has 1 aromatic carbocycles. The minimum atomic E-state index is -0.727. The summed E-state index contributed by atoms with van der Waals surface area (Å²) in [5, 5.41) is 8.83. The summed E-state index contributed by atoms with van der Waals surface area (Å²) in [6.45, 7) is 4.43. The maximum atomic E-state index is 11.8. The summed E-state index contributed by atoms with van der Waals surface area (Å²) in [6, 6.07) is 7.15. The van der Waals surface area contributed by atoms with Gasteiger partial charge in [-0.15, -0.1) is 0 Å². The Hall–Kier alpha value is -3.01. The standard InChI is InChI=1S/C18H20N2O5/c1-11(20)13(8-19)14(21)9-24-16(22)10-23-15-6-4-5-12-7-18(2,3)25-17(12)15/h4-6H,7,9-10,20H2,1-3H3. The van der Waals surface area contributed by atoms with E-state index in [4.69, 9.17) is 25.2 Å². The van der Waals surface area contributed by atoms with Gasteiger partial charge in [0, 0.05) is 17.7 Å². The Morgan fingerprint density at radius 3 is 2.72 bits per heavy atom. The molecule has 0 bridgehead atoms. The monoisotopic (exact) mass is 344 g/mol. The zero-order chi connectivity index (χ0) is 18.6. The van der Waals surface area contributed by atoms with Crippen molar-refractivity contribution >= 4 is 11.8 Å². The first-order valence-electron chi connectivity index (χ1n) is 7.72. The lowest BCUT2D eigenvalue weighted by Crippen LogP contribution is -2.25. The molecule has 0 aliphatic carbocycles. The Morgan fingerprint density at radius 2 is 2.08 bits per heavy atom. The number of nitriles is 1. The average molecular weight is 344 g/mol. The molecule has 0 atom stereocenters. The molecule has 132 valence electrons. The maximum absolute atomic E-state index is 11.8. The summed E-state index contributed by atoms with van der Waals surface area (Å²) >= 11 is 0. The topological polar surface area (TPSA) is 112 Å². The third-order valence-corrected chi connectivity index (χ3v) is 3.55. The van der Waals surface area contributed by atoms with Gasteiger partial charge in [-0.3, -0.25) is 4.79 Å². The number of fused-ring (bicyclic) bond motifs is 1. The number of carbonyl (C=O) groups is 2. The molecule has 0 saturated heterocycles. The number of Topliss-reactive ketones (excluding diaryl/α,β-unsaturated/α-hetero) is 1. The van der Waals surface area contributed by atoms with Gasteiger partial charge < -0.3 is 19.9 Å². The van der Waals surface area contributed by atoms with Crippen LogP contribution in [-0.4, -0.2) is 30.6 Å². The number of benzene rings is 1. The molecule has 0 amide bonds. The predicted octanol–water partition coefficient (Wildman–Crippen LogP) is 1.65. The number of ether oxygens (including phenoxy) is 3. The number of ketones is 1. The lowest BCUT2D eigenvalue weighted by molar-refractivity contribution is -0.149. The normalized spacial score (nSPS) is 15.3. The van der Waals surface area contributed by atoms with E-state index in [9.17, 15) is 9.59 Å². The molecule has 0 unspecified atom stereocenters. The molecule has 0 fully saturated rings. The number of hydrogen-bond acceptors (Lipinski definition) is 7. The van der Waals surface area contributed by atoms with Crippen LogP contribution in [0, 0.1) is 11.3 Å². The second kappa shape index (κ2) is 7.26. The lowest BCUT2D eigenvalue weighted by atomic mass is 10.0. The number of carbonyl (C=O) groups excluding carboxylic acids is 2. The zero-order valence-electron chi connectivity index (χ0n) is 14.4. The summed E-state index contributed by atoms with van der Waals surface area (Å²) in [6.07, 6.45) is 0.750. The number of nitrogens with zero attached hydrogens (tertiary/aromatic N) is 1. The van der Waals surface area contributed by atoms with E-state index >= 15 is 0 Å². The van der Waals surface area contributed by atoms with Crippen LogP contribution in [0.2, 0.25) is 0 Å². The van der Waals surface area contributed by atoms with Gasteiger partial charge in [-0.2, -0.15) is 5.26 Å². The Morgan fingerprint density at radius 1 is 1.36 bits per heavy atom. The molecule has 1 aliphatic heterocycles. The first-order chi connectivity index (χ1) is 11.7. The fourth-order valence-corrected chi connectivity index (χ4v) is 2.47. The Kier molecular flexibility index (Phi) is 5.32. The van der Waals surface area contributed by atoms with Crippen molar-refractivity contribution in [3.8, 4) is 17.6 Å². The van der Waals surface area contributed by atoms with Crippen LogP contribution in [0.3, 0.4) is 0 Å². The van der Waals surface area contributed by atoms with Gasteiger partial charge in [0.25, 0.3) is 0 Å². The van der Waals surface area contributed by atoms with Crippen LogP contribution in [0.1, 0.15) is 26.3 Å². The van der Waals surface area contributed by atoms with Crippen molar-refractivity contribution in [2.24, 2.45) is 5.73 Å². The van der Waals surface area contributed by atoms with Crippen molar-refractivity contribution in [2.45, 2.75) is 32.8 Å². The molecule has 0 saturated carbocycles. The summed E-state index contributed by atoms with van der Waals surface area (Å²) in [4.78, 5) is 23.5. The van der Waals surface area contributed by atoms with E-state index in [2.05, 4.69) is 0 Å². The maximum Gasteiger partial charge on any atom is 0.344 e. The van der Waals surface area contributed by atoms with Crippen molar-refractivity contribution in [3.05, 3.63) is 35.0 Å². The highest BCUT2D eigenvalue weighted by Crippen LogP contribution is 2.41. The molecule has 1 aromatic rings. The SMILES string of the molecule is CC(N)=C(C#N)C(=O)COC(=O)COc1cccc2c1OC(C)(C)C2.